The molecular formula is C13H21N3O8S. The van der Waals surface area contributed by atoms with Crippen LogP contribution in [0.25, 0.3) is 0 Å². The molecule has 0 heterocycles. The van der Waals surface area contributed by atoms with Crippen LogP contribution in [0.1, 0.15) is 19.8 Å². The van der Waals surface area contributed by atoms with E-state index in [2.05, 4.69) is 28.0 Å². The van der Waals surface area contributed by atoms with E-state index in [4.69, 9.17) is 15.9 Å². The van der Waals surface area contributed by atoms with Crippen LogP contribution in [-0.2, 0) is 28.7 Å². The number of amides is 2. The van der Waals surface area contributed by atoms with Gasteiger partial charge in [0.15, 0.2) is 6.10 Å². The van der Waals surface area contributed by atoms with Gasteiger partial charge in [0.1, 0.15) is 18.6 Å². The van der Waals surface area contributed by atoms with E-state index in [0.717, 1.165) is 6.92 Å². The van der Waals surface area contributed by atoms with Crippen LogP contribution in [0.3, 0.4) is 0 Å². The number of carbonyl (C=O) groups excluding carboxylic acids is 3. The van der Waals surface area contributed by atoms with E-state index in [1.165, 1.54) is 0 Å². The van der Waals surface area contributed by atoms with Crippen molar-refractivity contribution in [2.45, 2.75) is 38.0 Å². The minimum atomic E-state index is -1.36. The summed E-state index contributed by atoms with van der Waals surface area (Å²) in [5.41, 5.74) is 5.26. The van der Waals surface area contributed by atoms with Gasteiger partial charge in [-0.05, 0) is 13.3 Å². The molecule has 0 aromatic heterocycles. The predicted molar refractivity (Wildman–Crippen MR) is 86.8 cm³/mol. The monoisotopic (exact) mass is 379 g/mol. The number of rotatable bonds is 11. The molecule has 0 saturated heterocycles. The summed E-state index contributed by atoms with van der Waals surface area (Å²) in [6.07, 6.45) is -1.67. The highest BCUT2D eigenvalue weighted by molar-refractivity contribution is 7.80. The van der Waals surface area contributed by atoms with Gasteiger partial charge in [0.2, 0.25) is 11.8 Å². The number of esters is 1. The van der Waals surface area contributed by atoms with Crippen LogP contribution < -0.4 is 16.4 Å². The maximum absolute atomic E-state index is 11.9. The molecule has 0 aliphatic rings. The third-order valence-electron chi connectivity index (χ3n) is 2.90. The number of ether oxygens (including phenoxy) is 1. The molecule has 142 valence electrons. The fourth-order valence-corrected chi connectivity index (χ4v) is 1.70. The van der Waals surface area contributed by atoms with Crippen LogP contribution in [0.2, 0.25) is 0 Å². The molecule has 6 N–H and O–H groups in total. The quantitative estimate of drug-likeness (QED) is 0.170. The van der Waals surface area contributed by atoms with Crippen LogP contribution in [0.15, 0.2) is 0 Å². The van der Waals surface area contributed by atoms with Crippen LogP contribution in [0.5, 0.6) is 0 Å². The number of hydrogen-bond acceptors (Lipinski definition) is 8. The van der Waals surface area contributed by atoms with Crippen LogP contribution in [0.4, 0.5) is 0 Å². The van der Waals surface area contributed by atoms with Gasteiger partial charge in [0.05, 0.1) is 0 Å². The average Bonchev–Trinajstić information content (AvgIpc) is 2.54. The third kappa shape index (κ3) is 9.52. The zero-order valence-electron chi connectivity index (χ0n) is 13.4. The van der Waals surface area contributed by atoms with Gasteiger partial charge in [-0.15, -0.1) is 0 Å². The number of thiol groups is 1. The Morgan fingerprint density at radius 3 is 2.24 bits per heavy atom. The molecular weight excluding hydrogens is 358 g/mol. The number of carboxylic acid groups (broad SMARTS) is 2. The molecule has 0 saturated carbocycles. The fourth-order valence-electron chi connectivity index (χ4n) is 1.44. The molecule has 11 nitrogen and oxygen atoms in total. The van der Waals surface area contributed by atoms with Crippen molar-refractivity contribution in [1.82, 2.24) is 10.6 Å². The Morgan fingerprint density at radius 2 is 1.76 bits per heavy atom. The van der Waals surface area contributed by atoms with Crippen LogP contribution in [0, 0.1) is 0 Å². The van der Waals surface area contributed by atoms with Gasteiger partial charge in [-0.1, -0.05) is 0 Å². The van der Waals surface area contributed by atoms with E-state index in [-0.39, 0.29) is 18.6 Å². The van der Waals surface area contributed by atoms with Crippen LogP contribution in [-0.4, -0.2) is 70.4 Å². The first-order valence-electron chi connectivity index (χ1n) is 7.17. The largest absolute Gasteiger partial charge is 0.480 e. The molecule has 25 heavy (non-hydrogen) atoms. The van der Waals surface area contributed by atoms with E-state index in [1.807, 2.05) is 0 Å². The molecule has 0 bridgehead atoms. The number of carbonyl (C=O) groups is 5. The van der Waals surface area contributed by atoms with Crippen LogP contribution >= 0.6 is 12.6 Å². The second kappa shape index (κ2) is 11.3. The summed E-state index contributed by atoms with van der Waals surface area (Å²) in [6, 6.07) is -2.26. The summed E-state index contributed by atoms with van der Waals surface area (Å²) in [7, 11) is 0. The maximum Gasteiger partial charge on any atom is 0.344 e. The van der Waals surface area contributed by atoms with Gasteiger partial charge in [0, 0.05) is 12.2 Å². The van der Waals surface area contributed by atoms with Crippen molar-refractivity contribution >= 4 is 42.4 Å². The van der Waals surface area contributed by atoms with Gasteiger partial charge < -0.3 is 31.3 Å². The van der Waals surface area contributed by atoms with E-state index >= 15 is 0 Å². The van der Waals surface area contributed by atoms with Gasteiger partial charge in [-0.3, -0.25) is 19.2 Å². The maximum atomic E-state index is 11.9. The number of carboxylic acids is 2. The third-order valence-corrected chi connectivity index (χ3v) is 3.26. The summed E-state index contributed by atoms with van der Waals surface area (Å²) < 4.78 is 4.51. The second-order valence-corrected chi connectivity index (χ2v) is 5.34. The summed E-state index contributed by atoms with van der Waals surface area (Å²) in [5, 5.41) is 21.7. The number of nitrogens with one attached hydrogen (secondary N) is 2. The van der Waals surface area contributed by atoms with Crippen molar-refractivity contribution in [3.63, 3.8) is 0 Å². The summed E-state index contributed by atoms with van der Waals surface area (Å²) in [6.45, 7) is 0.571. The number of hydrogen-bond donors (Lipinski definition) is 6. The summed E-state index contributed by atoms with van der Waals surface area (Å²) >= 11 is 3.91. The zero-order chi connectivity index (χ0) is 19.6. The molecule has 0 aliphatic carbocycles. The van der Waals surface area contributed by atoms with E-state index in [9.17, 15) is 24.0 Å². The van der Waals surface area contributed by atoms with Gasteiger partial charge in [-0.2, -0.15) is 12.6 Å². The molecule has 0 fully saturated rings. The predicted octanol–water partition coefficient (Wildman–Crippen LogP) is -2.27. The Bertz CT molecular complexity index is 527. The lowest BCUT2D eigenvalue weighted by molar-refractivity contribution is -0.162. The molecule has 0 rings (SSSR count). The molecule has 0 radical (unpaired) electrons. The first kappa shape index (κ1) is 22.7. The standard InChI is InChI=1S/C13H21N3O8S/c1-6(12(20)21)24-10(18)4-15-11(19)8(5-25)16-9(17)3-2-7(14)13(22)23/h6-8,25H,2-5,14H2,1H3,(H,15,19)(H,16,17)(H,20,21)(H,22,23). The van der Waals surface area contributed by atoms with Crippen molar-refractivity contribution in [3.8, 4) is 0 Å². The van der Waals surface area contributed by atoms with E-state index in [1.54, 1.807) is 0 Å². The molecule has 0 spiro atoms. The van der Waals surface area contributed by atoms with Gasteiger partial charge in [-0.25, -0.2) is 4.79 Å². The van der Waals surface area contributed by atoms with Crippen molar-refractivity contribution < 1.29 is 38.9 Å². The lowest BCUT2D eigenvalue weighted by Crippen LogP contribution is -2.49. The Hall–Kier alpha value is -2.34. The molecule has 0 aromatic carbocycles. The highest BCUT2D eigenvalue weighted by Crippen LogP contribution is 1.97. The van der Waals surface area contributed by atoms with Gasteiger partial charge in [0.25, 0.3) is 0 Å². The second-order valence-electron chi connectivity index (χ2n) is 4.97. The first-order chi connectivity index (χ1) is 11.6. The first-order valence-corrected chi connectivity index (χ1v) is 7.80. The average molecular weight is 379 g/mol. The highest BCUT2D eigenvalue weighted by Gasteiger charge is 2.22. The van der Waals surface area contributed by atoms with Crippen molar-refractivity contribution in [1.29, 1.82) is 0 Å². The van der Waals surface area contributed by atoms with Crippen molar-refractivity contribution in [3.05, 3.63) is 0 Å². The Kier molecular flexibility index (Phi) is 10.2. The zero-order valence-corrected chi connectivity index (χ0v) is 14.3. The lowest BCUT2D eigenvalue weighted by Gasteiger charge is -2.17. The highest BCUT2D eigenvalue weighted by atomic mass is 32.1. The SMILES string of the molecule is CC(OC(=O)CNC(=O)C(CS)NC(=O)CCC(N)C(=O)O)C(=O)O. The molecule has 12 heteroatoms. The normalized spacial score (nSPS) is 13.9. The lowest BCUT2D eigenvalue weighted by atomic mass is 10.1. The molecule has 2 amide bonds. The smallest absolute Gasteiger partial charge is 0.344 e. The Morgan fingerprint density at radius 1 is 1.16 bits per heavy atom. The van der Waals surface area contributed by atoms with E-state index in [0.29, 0.717) is 0 Å². The molecule has 3 unspecified atom stereocenters. The van der Waals surface area contributed by atoms with Crippen molar-refractivity contribution in [2.75, 3.05) is 12.3 Å². The summed E-state index contributed by atoms with van der Waals surface area (Å²) in [5.74, 6) is -4.95. The minimum absolute atomic E-state index is 0.0802. The van der Waals surface area contributed by atoms with Crippen molar-refractivity contribution in [2.24, 2.45) is 5.73 Å². The van der Waals surface area contributed by atoms with E-state index < -0.39 is 54.5 Å². The Labute approximate surface area is 148 Å². The number of aliphatic carboxylic acids is 2. The minimum Gasteiger partial charge on any atom is -0.480 e. The Balaban J connectivity index is 4.33. The molecule has 3 atom stereocenters. The molecule has 0 aromatic rings. The molecule has 0 aliphatic heterocycles. The topological polar surface area (TPSA) is 185 Å². The summed E-state index contributed by atoms with van der Waals surface area (Å²) in [4.78, 5) is 56.0. The number of nitrogens with two attached hydrogens (primary N) is 1. The fraction of sp³-hybridized carbons (Fsp3) is 0.615. The van der Waals surface area contributed by atoms with Gasteiger partial charge >= 0.3 is 17.9 Å².